The van der Waals surface area contributed by atoms with Crippen molar-refractivity contribution in [2.75, 3.05) is 0 Å². The van der Waals surface area contributed by atoms with Crippen LogP contribution in [0.4, 0.5) is 0 Å². The molecule has 0 saturated heterocycles. The summed E-state index contributed by atoms with van der Waals surface area (Å²) in [4.78, 5) is 0. The Balaban J connectivity index is 0.000000246. The van der Waals surface area contributed by atoms with Gasteiger partial charge < -0.3 is 4.74 Å². The molecule has 0 spiro atoms. The maximum atomic E-state index is 4.84. The molecule has 3 heteroatoms. The van der Waals surface area contributed by atoms with Gasteiger partial charge in [0.25, 0.3) is 0 Å². The summed E-state index contributed by atoms with van der Waals surface area (Å²) in [6, 6.07) is 17.5. The minimum atomic E-state index is 0. The van der Waals surface area contributed by atoms with Gasteiger partial charge in [0.15, 0.2) is 0 Å². The third kappa shape index (κ3) is 5.70. The van der Waals surface area contributed by atoms with E-state index in [4.69, 9.17) is 4.74 Å². The molecule has 0 radical (unpaired) electrons. The summed E-state index contributed by atoms with van der Waals surface area (Å²) in [6.07, 6.45) is 0. The molecule has 0 heterocycles. The van der Waals surface area contributed by atoms with Crippen LogP contribution in [0.2, 0.25) is 0 Å². The first-order valence-corrected chi connectivity index (χ1v) is 4.39. The second kappa shape index (κ2) is 8.70. The summed E-state index contributed by atoms with van der Waals surface area (Å²) in [5.41, 5.74) is 1.25. The zero-order valence-electron chi connectivity index (χ0n) is 7.44. The summed E-state index contributed by atoms with van der Waals surface area (Å²) in [6.45, 7) is 0. The van der Waals surface area contributed by atoms with E-state index in [1.165, 1.54) is 5.55 Å². The number of hydrogen-bond donors (Lipinski definition) is 0. The topological polar surface area (TPSA) is 9.23 Å². The van der Waals surface area contributed by atoms with E-state index in [1.54, 1.807) is 0 Å². The van der Waals surface area contributed by atoms with Crippen molar-refractivity contribution in [3.63, 3.8) is 0 Å². The molecular weight excluding hydrogens is 236 g/mol. The van der Waals surface area contributed by atoms with E-state index in [2.05, 4.69) is 12.2 Å². The van der Waals surface area contributed by atoms with Crippen molar-refractivity contribution in [1.82, 2.24) is 0 Å². The zero-order chi connectivity index (χ0) is 9.36. The van der Waals surface area contributed by atoms with E-state index in [9.17, 15) is 0 Å². The Morgan fingerprint density at radius 1 is 1.07 bits per heavy atom. The SMILES string of the molecule is S=CO[c-]1cccc1.[Fe+2].c1cc[cH-]c1. The van der Waals surface area contributed by atoms with E-state index in [0.717, 1.165) is 5.75 Å². The molecule has 0 aliphatic heterocycles. The van der Waals surface area contributed by atoms with Gasteiger partial charge in [0.05, 0.1) is 5.55 Å². The van der Waals surface area contributed by atoms with Crippen LogP contribution in [-0.4, -0.2) is 5.55 Å². The Bertz CT molecular complexity index is 283. The Kier molecular flexibility index (Phi) is 8.14. The van der Waals surface area contributed by atoms with E-state index in [1.807, 2.05) is 54.6 Å². The molecule has 0 unspecified atom stereocenters. The molecule has 0 aliphatic carbocycles. The normalized spacial score (nSPS) is 7.71. The molecule has 0 aromatic heterocycles. The minimum absolute atomic E-state index is 0. The third-order valence-electron chi connectivity index (χ3n) is 1.37. The Morgan fingerprint density at radius 2 is 1.64 bits per heavy atom. The molecule has 0 N–H and O–H groups in total. The third-order valence-corrected chi connectivity index (χ3v) is 1.47. The molecular formula is C11H10FeOS. The van der Waals surface area contributed by atoms with Gasteiger partial charge in [-0.15, -0.1) is 24.4 Å². The predicted octanol–water partition coefficient (Wildman–Crippen LogP) is 3.14. The van der Waals surface area contributed by atoms with Crippen LogP contribution in [0.3, 0.4) is 0 Å². The fourth-order valence-corrected chi connectivity index (χ4v) is 0.922. The molecule has 2 aromatic carbocycles. The fourth-order valence-electron chi connectivity index (χ4n) is 0.811. The van der Waals surface area contributed by atoms with Gasteiger partial charge in [0.2, 0.25) is 0 Å². The molecule has 0 atom stereocenters. The monoisotopic (exact) mass is 246 g/mol. The zero-order valence-corrected chi connectivity index (χ0v) is 9.36. The fraction of sp³-hybridized carbons (Fsp3) is 0. The van der Waals surface area contributed by atoms with E-state index in [0.29, 0.717) is 0 Å². The molecule has 74 valence electrons. The van der Waals surface area contributed by atoms with Gasteiger partial charge in [0.1, 0.15) is 0 Å². The van der Waals surface area contributed by atoms with Crippen molar-refractivity contribution in [3.05, 3.63) is 54.6 Å². The standard InChI is InChI=1S/C6H5OS.C5H5.Fe/c8-5-7-6-3-1-2-4-6;1-2-4-5-3-1;/h1-5H;1-5H;/q2*-1;+2. The van der Waals surface area contributed by atoms with Crippen LogP contribution in [0.25, 0.3) is 0 Å². The number of thiocarbonyl (C=S) groups is 1. The minimum Gasteiger partial charge on any atom is -0.541 e. The first kappa shape index (κ1) is 13.1. The van der Waals surface area contributed by atoms with Crippen molar-refractivity contribution >= 4 is 17.8 Å². The van der Waals surface area contributed by atoms with Gasteiger partial charge in [-0.25, -0.2) is 12.1 Å². The number of rotatable bonds is 2. The smallest absolute Gasteiger partial charge is 0.541 e. The first-order valence-electron chi connectivity index (χ1n) is 3.92. The number of ether oxygens (including phenoxy) is 1. The molecule has 0 saturated carbocycles. The van der Waals surface area contributed by atoms with Gasteiger partial charge in [-0.05, 0) is 0 Å². The van der Waals surface area contributed by atoms with Crippen LogP contribution in [0.5, 0.6) is 5.75 Å². The number of hydrogen-bond acceptors (Lipinski definition) is 2. The maximum Gasteiger partial charge on any atom is 2.00 e. The van der Waals surface area contributed by atoms with Crippen molar-refractivity contribution in [3.8, 4) is 5.75 Å². The van der Waals surface area contributed by atoms with Gasteiger partial charge in [0, 0.05) is 5.75 Å². The van der Waals surface area contributed by atoms with Crippen LogP contribution in [0, 0.1) is 0 Å². The second-order valence-electron chi connectivity index (χ2n) is 2.30. The van der Waals surface area contributed by atoms with Crippen molar-refractivity contribution in [1.29, 1.82) is 0 Å². The van der Waals surface area contributed by atoms with E-state index >= 15 is 0 Å². The van der Waals surface area contributed by atoms with E-state index in [-0.39, 0.29) is 17.1 Å². The molecule has 2 rings (SSSR count). The molecule has 0 amide bonds. The molecule has 0 bridgehead atoms. The summed E-state index contributed by atoms with van der Waals surface area (Å²) in [5, 5.41) is 0. The molecule has 0 fully saturated rings. The van der Waals surface area contributed by atoms with Crippen molar-refractivity contribution in [2.45, 2.75) is 0 Å². The Hall–Kier alpha value is -0.891. The van der Waals surface area contributed by atoms with Gasteiger partial charge in [-0.2, -0.15) is 30.3 Å². The van der Waals surface area contributed by atoms with Crippen LogP contribution < -0.4 is 4.74 Å². The largest absolute Gasteiger partial charge is 2.00 e. The molecule has 1 nitrogen and oxygen atoms in total. The first-order chi connectivity index (χ1) is 6.43. The van der Waals surface area contributed by atoms with Crippen molar-refractivity contribution < 1.29 is 21.8 Å². The van der Waals surface area contributed by atoms with Crippen LogP contribution in [0.15, 0.2) is 54.6 Å². The Labute approximate surface area is 99.9 Å². The summed E-state index contributed by atoms with van der Waals surface area (Å²) < 4.78 is 4.84. The van der Waals surface area contributed by atoms with Crippen LogP contribution >= 0.6 is 12.2 Å². The van der Waals surface area contributed by atoms with Crippen LogP contribution in [0.1, 0.15) is 0 Å². The quantitative estimate of drug-likeness (QED) is 0.457. The van der Waals surface area contributed by atoms with Crippen molar-refractivity contribution in [2.24, 2.45) is 0 Å². The second-order valence-corrected chi connectivity index (χ2v) is 2.49. The van der Waals surface area contributed by atoms with Gasteiger partial charge in [-0.3, -0.25) is 0 Å². The van der Waals surface area contributed by atoms with Gasteiger partial charge >= 0.3 is 17.1 Å². The molecule has 14 heavy (non-hydrogen) atoms. The predicted molar refractivity (Wildman–Crippen MR) is 58.4 cm³/mol. The average Bonchev–Trinajstić information content (AvgIpc) is 2.79. The Morgan fingerprint density at radius 3 is 2.00 bits per heavy atom. The van der Waals surface area contributed by atoms with E-state index < -0.39 is 0 Å². The summed E-state index contributed by atoms with van der Waals surface area (Å²) >= 11 is 4.45. The summed E-state index contributed by atoms with van der Waals surface area (Å²) in [7, 11) is 0. The van der Waals surface area contributed by atoms with Crippen LogP contribution in [-0.2, 0) is 17.1 Å². The molecule has 2 aromatic rings. The summed E-state index contributed by atoms with van der Waals surface area (Å²) in [5.74, 6) is 0.806. The molecule has 0 aliphatic rings. The average molecular weight is 246 g/mol. The van der Waals surface area contributed by atoms with Gasteiger partial charge in [-0.1, -0.05) is 0 Å². The maximum absolute atomic E-state index is 4.84.